The second-order valence-electron chi connectivity index (χ2n) is 4.73. The van der Waals surface area contributed by atoms with Crippen LogP contribution in [0.15, 0.2) is 22.9 Å². The fourth-order valence-corrected chi connectivity index (χ4v) is 3.42. The number of aromatic nitrogens is 1. The molecule has 2 aromatic rings. The van der Waals surface area contributed by atoms with Crippen molar-refractivity contribution >= 4 is 28.6 Å². The van der Waals surface area contributed by atoms with Gasteiger partial charge >= 0.3 is 0 Å². The monoisotopic (exact) mass is 323 g/mol. The molecule has 0 spiro atoms. The Morgan fingerprint density at radius 1 is 1.33 bits per heavy atom. The number of thiazole rings is 1. The summed E-state index contributed by atoms with van der Waals surface area (Å²) in [4.78, 5) is 19.8. The maximum Gasteiger partial charge on any atom is 0.225 e. The minimum atomic E-state index is 0.0537. The molecule has 1 N–H and O–H groups in total. The van der Waals surface area contributed by atoms with Crippen molar-refractivity contribution in [1.29, 1.82) is 0 Å². The van der Waals surface area contributed by atoms with E-state index in [9.17, 15) is 4.79 Å². The van der Waals surface area contributed by atoms with Crippen molar-refractivity contribution in [3.63, 3.8) is 0 Å². The zero-order valence-corrected chi connectivity index (χ0v) is 14.1. The van der Waals surface area contributed by atoms with Gasteiger partial charge in [-0.15, -0.1) is 22.7 Å². The van der Waals surface area contributed by atoms with Gasteiger partial charge in [0, 0.05) is 16.8 Å². The summed E-state index contributed by atoms with van der Waals surface area (Å²) >= 11 is 3.22. The van der Waals surface area contributed by atoms with Crippen LogP contribution in [-0.2, 0) is 24.3 Å². The zero-order valence-electron chi connectivity index (χ0n) is 12.5. The Morgan fingerprint density at radius 2 is 2.14 bits per heavy atom. The molecule has 2 rings (SSSR count). The van der Waals surface area contributed by atoms with Crippen LogP contribution in [0.5, 0.6) is 0 Å². The Balaban J connectivity index is 1.78. The molecule has 0 aliphatic carbocycles. The normalized spacial score (nSPS) is 11.0. The minimum Gasteiger partial charge on any atom is -0.349 e. The number of nitrogens with zero attached hydrogens (tertiary/aromatic N) is 2. The van der Waals surface area contributed by atoms with Crippen LogP contribution >= 0.6 is 22.7 Å². The largest absolute Gasteiger partial charge is 0.349 e. The van der Waals surface area contributed by atoms with Crippen molar-refractivity contribution < 1.29 is 4.79 Å². The first-order valence-electron chi connectivity index (χ1n) is 7.16. The van der Waals surface area contributed by atoms with Gasteiger partial charge in [-0.2, -0.15) is 0 Å². The molecule has 2 aromatic heterocycles. The predicted molar refractivity (Wildman–Crippen MR) is 88.6 cm³/mol. The first kappa shape index (κ1) is 16.1. The second kappa shape index (κ2) is 8.26. The number of nitrogens with one attached hydrogen (secondary N) is 1. The van der Waals surface area contributed by atoms with Crippen LogP contribution in [0.2, 0.25) is 0 Å². The second-order valence-corrected chi connectivity index (χ2v) is 6.70. The van der Waals surface area contributed by atoms with Crippen molar-refractivity contribution in [3.05, 3.63) is 38.5 Å². The Bertz CT molecular complexity index is 547. The van der Waals surface area contributed by atoms with Crippen LogP contribution in [0, 0.1) is 0 Å². The van der Waals surface area contributed by atoms with Gasteiger partial charge in [0.15, 0.2) is 0 Å². The van der Waals surface area contributed by atoms with Crippen molar-refractivity contribution in [2.45, 2.75) is 33.4 Å². The van der Waals surface area contributed by atoms with Crippen LogP contribution in [0.3, 0.4) is 0 Å². The van der Waals surface area contributed by atoms with E-state index in [1.807, 2.05) is 17.5 Å². The number of thiophene rings is 1. The van der Waals surface area contributed by atoms with Gasteiger partial charge in [0.1, 0.15) is 5.01 Å². The van der Waals surface area contributed by atoms with Crippen LogP contribution in [0.1, 0.15) is 29.4 Å². The lowest BCUT2D eigenvalue weighted by molar-refractivity contribution is -0.120. The number of amides is 1. The minimum absolute atomic E-state index is 0.0537. The molecule has 0 saturated carbocycles. The summed E-state index contributed by atoms with van der Waals surface area (Å²) in [6, 6.07) is 3.95. The Hall–Kier alpha value is -1.24. The maximum absolute atomic E-state index is 11.8. The van der Waals surface area contributed by atoms with Crippen molar-refractivity contribution in [3.8, 4) is 0 Å². The third-order valence-electron chi connectivity index (χ3n) is 3.23. The van der Waals surface area contributed by atoms with Gasteiger partial charge in [-0.3, -0.25) is 9.69 Å². The maximum atomic E-state index is 11.8. The molecule has 114 valence electrons. The number of hydrogen-bond acceptors (Lipinski definition) is 5. The number of hydrogen-bond donors (Lipinski definition) is 1. The summed E-state index contributed by atoms with van der Waals surface area (Å²) in [6.45, 7) is 7.77. The van der Waals surface area contributed by atoms with Crippen molar-refractivity contribution in [2.75, 3.05) is 13.1 Å². The third kappa shape index (κ3) is 5.22. The highest BCUT2D eigenvalue weighted by atomic mass is 32.1. The van der Waals surface area contributed by atoms with E-state index in [0.717, 1.165) is 35.2 Å². The molecule has 1 amide bonds. The van der Waals surface area contributed by atoms with E-state index >= 15 is 0 Å². The highest BCUT2D eigenvalue weighted by Gasteiger charge is 2.08. The summed E-state index contributed by atoms with van der Waals surface area (Å²) in [6.07, 6.45) is 0.454. The molecule has 0 atom stereocenters. The van der Waals surface area contributed by atoms with Crippen LogP contribution in [0.4, 0.5) is 0 Å². The lowest BCUT2D eigenvalue weighted by atomic mass is 10.3. The molecule has 2 heterocycles. The Kier molecular flexibility index (Phi) is 6.35. The van der Waals surface area contributed by atoms with Crippen LogP contribution in [-0.4, -0.2) is 28.9 Å². The average Bonchev–Trinajstić information content (AvgIpc) is 3.14. The molecule has 0 aliphatic heterocycles. The van der Waals surface area contributed by atoms with Gasteiger partial charge in [0.2, 0.25) is 5.91 Å². The molecule has 0 aliphatic rings. The smallest absolute Gasteiger partial charge is 0.225 e. The molecule has 0 fully saturated rings. The lowest BCUT2D eigenvalue weighted by Gasteiger charge is -2.15. The third-order valence-corrected chi connectivity index (χ3v) is 5.01. The van der Waals surface area contributed by atoms with Crippen LogP contribution < -0.4 is 5.32 Å². The quantitative estimate of drug-likeness (QED) is 0.812. The number of carbonyl (C=O) groups is 1. The van der Waals surface area contributed by atoms with E-state index in [1.165, 1.54) is 0 Å². The molecule has 0 unspecified atom stereocenters. The molecule has 4 nitrogen and oxygen atoms in total. The summed E-state index contributed by atoms with van der Waals surface area (Å²) in [7, 11) is 0. The topological polar surface area (TPSA) is 45.2 Å². The summed E-state index contributed by atoms with van der Waals surface area (Å²) in [5.41, 5.74) is 1.09. The Morgan fingerprint density at radius 3 is 2.81 bits per heavy atom. The van der Waals surface area contributed by atoms with E-state index in [2.05, 4.69) is 34.4 Å². The molecule has 21 heavy (non-hydrogen) atoms. The van der Waals surface area contributed by atoms with E-state index in [0.29, 0.717) is 13.0 Å². The fourth-order valence-electron chi connectivity index (χ4n) is 1.99. The number of carbonyl (C=O) groups excluding carboxylic acids is 1. The van der Waals surface area contributed by atoms with E-state index in [1.54, 1.807) is 22.7 Å². The highest BCUT2D eigenvalue weighted by molar-refractivity contribution is 7.10. The van der Waals surface area contributed by atoms with Gasteiger partial charge in [-0.25, -0.2) is 4.98 Å². The fraction of sp³-hybridized carbons (Fsp3) is 0.467. The Labute approximate surface area is 133 Å². The lowest BCUT2D eigenvalue weighted by Crippen LogP contribution is -2.24. The highest BCUT2D eigenvalue weighted by Crippen LogP contribution is 2.12. The average molecular weight is 323 g/mol. The SMILES string of the molecule is CCN(CC)Cc1csc(CNC(=O)Cc2cccs2)n1. The van der Waals surface area contributed by atoms with E-state index < -0.39 is 0 Å². The molecule has 0 saturated heterocycles. The van der Waals surface area contributed by atoms with Crippen molar-refractivity contribution in [2.24, 2.45) is 0 Å². The summed E-state index contributed by atoms with van der Waals surface area (Å²) < 4.78 is 0. The zero-order chi connectivity index (χ0) is 15.1. The summed E-state index contributed by atoms with van der Waals surface area (Å²) in [5.74, 6) is 0.0537. The molecule has 0 radical (unpaired) electrons. The first-order valence-corrected chi connectivity index (χ1v) is 8.91. The van der Waals surface area contributed by atoms with Crippen LogP contribution in [0.25, 0.3) is 0 Å². The van der Waals surface area contributed by atoms with Gasteiger partial charge in [-0.05, 0) is 24.5 Å². The molecule has 6 heteroatoms. The molecular weight excluding hydrogens is 302 g/mol. The predicted octanol–water partition coefficient (Wildman–Crippen LogP) is 2.91. The first-order chi connectivity index (χ1) is 10.2. The van der Waals surface area contributed by atoms with Gasteiger partial charge < -0.3 is 5.32 Å². The molecule has 0 bridgehead atoms. The van der Waals surface area contributed by atoms with Gasteiger partial charge in [0.05, 0.1) is 18.7 Å². The van der Waals surface area contributed by atoms with Gasteiger partial charge in [0.25, 0.3) is 0 Å². The molecular formula is C15H21N3OS2. The van der Waals surface area contributed by atoms with Gasteiger partial charge in [-0.1, -0.05) is 19.9 Å². The number of rotatable bonds is 8. The van der Waals surface area contributed by atoms with E-state index in [-0.39, 0.29) is 5.91 Å². The molecule has 0 aromatic carbocycles. The summed E-state index contributed by atoms with van der Waals surface area (Å²) in [5, 5.41) is 7.97. The standard InChI is InChI=1S/C15H21N3OS2/c1-3-18(4-2)10-12-11-21-15(17-12)9-16-14(19)8-13-6-5-7-20-13/h5-7,11H,3-4,8-10H2,1-2H3,(H,16,19). The van der Waals surface area contributed by atoms with E-state index in [4.69, 9.17) is 0 Å². The van der Waals surface area contributed by atoms with Crippen molar-refractivity contribution in [1.82, 2.24) is 15.2 Å².